The van der Waals surface area contributed by atoms with Gasteiger partial charge in [0.05, 0.1) is 6.04 Å². The Kier molecular flexibility index (Phi) is 12.1. The smallest absolute Gasteiger partial charge is 0.440 e. The molecule has 1 atom stereocenters. The molecule has 2 amide bonds. The molecule has 0 spiro atoms. The van der Waals surface area contributed by atoms with Gasteiger partial charge in [-0.3, -0.25) is 4.90 Å². The highest BCUT2D eigenvalue weighted by Gasteiger charge is 2.51. The first-order valence-electron chi connectivity index (χ1n) is 16.9. The predicted octanol–water partition coefficient (Wildman–Crippen LogP) is 8.37. The van der Waals surface area contributed by atoms with Crippen LogP contribution in [0.15, 0.2) is 121 Å². The molecule has 0 heterocycles. The second kappa shape index (κ2) is 16.7. The van der Waals surface area contributed by atoms with Crippen LogP contribution in [0.25, 0.3) is 0 Å². The quantitative estimate of drug-likeness (QED) is 0.140. The molecule has 1 saturated carbocycles. The first kappa shape index (κ1) is 35.7. The third kappa shape index (κ3) is 9.72. The van der Waals surface area contributed by atoms with Crippen LogP contribution < -0.4 is 10.6 Å². The van der Waals surface area contributed by atoms with Gasteiger partial charge < -0.3 is 15.4 Å². The molecule has 0 bridgehead atoms. The van der Waals surface area contributed by atoms with Crippen LogP contribution in [-0.4, -0.2) is 41.7 Å². The Morgan fingerprint density at radius 1 is 0.735 bits per heavy atom. The number of alkyl halides is 3. The summed E-state index contributed by atoms with van der Waals surface area (Å²) < 4.78 is 46.1. The van der Waals surface area contributed by atoms with Crippen molar-refractivity contribution in [3.63, 3.8) is 0 Å². The van der Waals surface area contributed by atoms with E-state index in [2.05, 4.69) is 64.1 Å². The van der Waals surface area contributed by atoms with Crippen molar-refractivity contribution in [3.05, 3.63) is 144 Å². The number of rotatable bonds is 13. The van der Waals surface area contributed by atoms with Gasteiger partial charge in [0.1, 0.15) is 0 Å². The number of benzene rings is 4. The van der Waals surface area contributed by atoms with Crippen LogP contribution in [-0.2, 0) is 28.2 Å². The summed E-state index contributed by atoms with van der Waals surface area (Å²) in [7, 11) is 0. The lowest BCUT2D eigenvalue weighted by Crippen LogP contribution is -2.56. The molecule has 1 unspecified atom stereocenters. The van der Waals surface area contributed by atoms with Crippen LogP contribution in [0.4, 0.5) is 18.0 Å². The van der Waals surface area contributed by atoms with E-state index in [0.717, 1.165) is 51.7 Å². The number of hydrogen-bond acceptors (Lipinski definition) is 4. The van der Waals surface area contributed by atoms with Crippen LogP contribution in [0.3, 0.4) is 0 Å². The monoisotopic (exact) mass is 671 g/mol. The van der Waals surface area contributed by atoms with Crippen LogP contribution in [0, 0.1) is 5.92 Å². The van der Waals surface area contributed by atoms with Gasteiger partial charge in [0.15, 0.2) is 5.60 Å². The van der Waals surface area contributed by atoms with Gasteiger partial charge in [-0.1, -0.05) is 121 Å². The fourth-order valence-electron chi connectivity index (χ4n) is 6.83. The Labute approximate surface area is 286 Å². The molecular formula is C40H44F3N3O3. The van der Waals surface area contributed by atoms with Crippen molar-refractivity contribution in [3.8, 4) is 0 Å². The Morgan fingerprint density at radius 2 is 1.18 bits per heavy atom. The highest BCUT2D eigenvalue weighted by atomic mass is 19.4. The van der Waals surface area contributed by atoms with E-state index in [9.17, 15) is 22.8 Å². The van der Waals surface area contributed by atoms with Gasteiger partial charge in [0.2, 0.25) is 0 Å². The Bertz CT molecular complexity index is 1520. The zero-order chi connectivity index (χ0) is 34.7. The number of carbonyl (C=O) groups is 2. The molecule has 1 aliphatic rings. The van der Waals surface area contributed by atoms with Crippen molar-refractivity contribution in [1.29, 1.82) is 0 Å². The lowest BCUT2D eigenvalue weighted by molar-refractivity contribution is -0.213. The van der Waals surface area contributed by atoms with Crippen LogP contribution in [0.5, 0.6) is 0 Å². The van der Waals surface area contributed by atoms with Crippen LogP contribution in [0.1, 0.15) is 61.3 Å². The molecule has 9 heteroatoms. The third-order valence-corrected chi connectivity index (χ3v) is 9.38. The molecule has 4 aromatic rings. The molecule has 0 aliphatic heterocycles. The van der Waals surface area contributed by atoms with Crippen molar-refractivity contribution in [2.75, 3.05) is 6.54 Å². The molecule has 0 radical (unpaired) electrons. The predicted molar refractivity (Wildman–Crippen MR) is 184 cm³/mol. The summed E-state index contributed by atoms with van der Waals surface area (Å²) in [6, 6.07) is 35.7. The second-order valence-corrected chi connectivity index (χ2v) is 12.9. The van der Waals surface area contributed by atoms with Crippen molar-refractivity contribution in [1.82, 2.24) is 15.5 Å². The average molecular weight is 672 g/mol. The summed E-state index contributed by atoms with van der Waals surface area (Å²) in [5.41, 5.74) is 1.24. The minimum Gasteiger partial charge on any atom is -0.440 e. The summed E-state index contributed by atoms with van der Waals surface area (Å²) in [4.78, 5) is 28.2. The maximum absolute atomic E-state index is 13.6. The van der Waals surface area contributed by atoms with E-state index in [4.69, 9.17) is 4.74 Å². The Morgan fingerprint density at radius 3 is 1.63 bits per heavy atom. The van der Waals surface area contributed by atoms with Crippen molar-refractivity contribution in [2.45, 2.75) is 76.0 Å². The number of halogens is 3. The standard InChI is InChI=1S/C40H44F3N3O3/c1-30(39(34-18-10-4-11-19-34,35-20-12-5-13-21-35)49-37(47)40(41,42)43)44-38(48)45-36-24-22-31(23-25-36)26-27-46(28-32-14-6-2-7-15-32)29-33-16-8-3-9-17-33/h2-21,30-31,36H,22-29H2,1H3,(H2,44,45,48). The van der Waals surface area contributed by atoms with Crippen LogP contribution >= 0.6 is 0 Å². The van der Waals surface area contributed by atoms with Crippen molar-refractivity contribution in [2.24, 2.45) is 5.92 Å². The lowest BCUT2D eigenvalue weighted by atomic mass is 9.80. The Balaban J connectivity index is 1.20. The average Bonchev–Trinajstić information content (AvgIpc) is 3.11. The minimum absolute atomic E-state index is 0.0752. The van der Waals surface area contributed by atoms with E-state index in [0.29, 0.717) is 17.0 Å². The fourth-order valence-corrected chi connectivity index (χ4v) is 6.83. The van der Waals surface area contributed by atoms with E-state index in [1.165, 1.54) is 11.1 Å². The molecule has 5 rings (SSSR count). The molecule has 2 N–H and O–H groups in total. The number of amides is 2. The van der Waals surface area contributed by atoms with E-state index >= 15 is 0 Å². The number of nitrogens with zero attached hydrogens (tertiary/aromatic N) is 1. The van der Waals surface area contributed by atoms with E-state index < -0.39 is 29.8 Å². The SMILES string of the molecule is CC(NC(=O)NC1CCC(CCN(Cc2ccccc2)Cc2ccccc2)CC1)C(OC(=O)C(F)(F)F)(c1ccccc1)c1ccccc1. The van der Waals surface area contributed by atoms with Crippen molar-refractivity contribution >= 4 is 12.0 Å². The second-order valence-electron chi connectivity index (χ2n) is 12.9. The molecule has 0 aromatic heterocycles. The molecule has 1 aliphatic carbocycles. The van der Waals surface area contributed by atoms with Gasteiger partial charge in [-0.15, -0.1) is 0 Å². The normalized spacial score (nSPS) is 17.2. The highest BCUT2D eigenvalue weighted by molar-refractivity contribution is 5.78. The van der Waals surface area contributed by atoms with E-state index in [-0.39, 0.29) is 6.04 Å². The number of carbonyl (C=O) groups excluding carboxylic acids is 2. The zero-order valence-corrected chi connectivity index (χ0v) is 27.7. The Hall–Kier alpha value is -4.63. The maximum Gasteiger partial charge on any atom is 0.490 e. The highest BCUT2D eigenvalue weighted by Crippen LogP contribution is 2.39. The van der Waals surface area contributed by atoms with Crippen molar-refractivity contribution < 1.29 is 27.5 Å². The first-order chi connectivity index (χ1) is 23.6. The van der Waals surface area contributed by atoms with Gasteiger partial charge in [-0.25, -0.2) is 9.59 Å². The third-order valence-electron chi connectivity index (χ3n) is 9.38. The molecule has 6 nitrogen and oxygen atoms in total. The zero-order valence-electron chi connectivity index (χ0n) is 27.7. The summed E-state index contributed by atoms with van der Waals surface area (Å²) in [6.07, 6.45) is -0.643. The molecule has 0 saturated heterocycles. The maximum atomic E-state index is 13.6. The number of ether oxygens (including phenoxy) is 1. The van der Waals surface area contributed by atoms with E-state index in [1.54, 1.807) is 67.6 Å². The van der Waals surface area contributed by atoms with Gasteiger partial charge in [-0.05, 0) is 62.6 Å². The number of urea groups is 1. The molecular weight excluding hydrogens is 627 g/mol. The lowest BCUT2D eigenvalue weighted by Gasteiger charge is -2.40. The van der Waals surface area contributed by atoms with Gasteiger partial charge in [0.25, 0.3) is 0 Å². The summed E-state index contributed by atoms with van der Waals surface area (Å²) in [6.45, 7) is 4.26. The van der Waals surface area contributed by atoms with Gasteiger partial charge >= 0.3 is 18.2 Å². The summed E-state index contributed by atoms with van der Waals surface area (Å²) >= 11 is 0. The van der Waals surface area contributed by atoms with Gasteiger partial charge in [0, 0.05) is 30.3 Å². The molecule has 1 fully saturated rings. The fraction of sp³-hybridized carbons (Fsp3) is 0.350. The topological polar surface area (TPSA) is 70.7 Å². The van der Waals surface area contributed by atoms with E-state index in [1.807, 2.05) is 12.1 Å². The number of hydrogen-bond donors (Lipinski definition) is 2. The molecule has 258 valence electrons. The largest absolute Gasteiger partial charge is 0.490 e. The van der Waals surface area contributed by atoms with Gasteiger partial charge in [-0.2, -0.15) is 13.2 Å². The number of nitrogens with one attached hydrogen (secondary N) is 2. The van der Waals surface area contributed by atoms with Crippen LogP contribution in [0.2, 0.25) is 0 Å². The molecule has 49 heavy (non-hydrogen) atoms. The summed E-state index contributed by atoms with van der Waals surface area (Å²) in [5, 5.41) is 5.85. The minimum atomic E-state index is -5.23. The number of esters is 1. The summed E-state index contributed by atoms with van der Waals surface area (Å²) in [5.74, 6) is -1.81. The molecule has 4 aromatic carbocycles. The first-order valence-corrected chi connectivity index (χ1v) is 16.9.